The highest BCUT2D eigenvalue weighted by Gasteiger charge is 2.11. The molecule has 3 heteroatoms. The summed E-state index contributed by atoms with van der Waals surface area (Å²) in [5, 5.41) is 14.3. The van der Waals surface area contributed by atoms with Crippen molar-refractivity contribution < 1.29 is 0 Å². The largest absolute Gasteiger partial charge is 0.292 e. The summed E-state index contributed by atoms with van der Waals surface area (Å²) in [4.78, 5) is 0. The fourth-order valence-corrected chi connectivity index (χ4v) is 2.79. The summed E-state index contributed by atoms with van der Waals surface area (Å²) in [6.07, 6.45) is 3.94. The molecule has 0 amide bonds. The van der Waals surface area contributed by atoms with Gasteiger partial charge in [-0.15, -0.1) is 11.8 Å². The number of nitrogens with zero attached hydrogens (tertiary/aromatic N) is 1. The van der Waals surface area contributed by atoms with Crippen molar-refractivity contribution in [2.45, 2.75) is 32.2 Å². The Morgan fingerprint density at radius 2 is 2.41 bits per heavy atom. The lowest BCUT2D eigenvalue weighted by atomic mass is 9.95. The number of aryl methyl sites for hydroxylation is 1. The van der Waals surface area contributed by atoms with Gasteiger partial charge in [0.05, 0.1) is 6.07 Å². The number of nitriles is 1. The zero-order valence-corrected chi connectivity index (χ0v) is 11.0. The van der Waals surface area contributed by atoms with Crippen LogP contribution in [0.5, 0.6) is 0 Å². The summed E-state index contributed by atoms with van der Waals surface area (Å²) < 4.78 is 0. The van der Waals surface area contributed by atoms with Gasteiger partial charge in [-0.3, -0.25) is 5.32 Å². The van der Waals surface area contributed by atoms with Crippen molar-refractivity contribution in [3.63, 3.8) is 0 Å². The van der Waals surface area contributed by atoms with Gasteiger partial charge in [0.25, 0.3) is 0 Å². The predicted molar refractivity (Wildman–Crippen MR) is 72.6 cm³/mol. The van der Waals surface area contributed by atoms with Crippen LogP contribution in [0.3, 0.4) is 0 Å². The summed E-state index contributed by atoms with van der Waals surface area (Å²) in [5.74, 6) is 1.90. The molecule has 3 rings (SSSR count). The quantitative estimate of drug-likeness (QED) is 0.904. The van der Waals surface area contributed by atoms with Gasteiger partial charge in [0.2, 0.25) is 0 Å². The molecule has 1 unspecified atom stereocenters. The first-order valence-corrected chi connectivity index (χ1v) is 7.34. The number of benzene rings is 1. The van der Waals surface area contributed by atoms with Crippen molar-refractivity contribution in [1.82, 2.24) is 5.32 Å². The molecule has 17 heavy (non-hydrogen) atoms. The molecule has 1 aliphatic heterocycles. The molecule has 0 aromatic carbocycles. The van der Waals surface area contributed by atoms with E-state index in [1.807, 2.05) is 0 Å². The zero-order chi connectivity index (χ0) is 12.1. The van der Waals surface area contributed by atoms with E-state index in [1.165, 1.54) is 29.7 Å². The average Bonchev–Trinajstić information content (AvgIpc) is 2.84. The SMILES string of the molecule is CCCCc1cc2ccc1=2.N#CC1CSCN1. The van der Waals surface area contributed by atoms with E-state index < -0.39 is 0 Å². The van der Waals surface area contributed by atoms with E-state index in [1.54, 1.807) is 17.3 Å². The van der Waals surface area contributed by atoms with Gasteiger partial charge in [-0.25, -0.2) is 0 Å². The Bertz CT molecular complexity index is 498. The van der Waals surface area contributed by atoms with E-state index >= 15 is 0 Å². The van der Waals surface area contributed by atoms with Crippen LogP contribution < -0.4 is 5.32 Å². The summed E-state index contributed by atoms with van der Waals surface area (Å²) in [5.41, 5.74) is 1.58. The molecule has 0 spiro atoms. The Morgan fingerprint density at radius 1 is 1.53 bits per heavy atom. The van der Waals surface area contributed by atoms with Gasteiger partial charge >= 0.3 is 0 Å². The number of hydrogen-bond acceptors (Lipinski definition) is 3. The van der Waals surface area contributed by atoms with Crippen LogP contribution in [0.15, 0.2) is 18.2 Å². The van der Waals surface area contributed by atoms with Gasteiger partial charge < -0.3 is 0 Å². The first-order valence-electron chi connectivity index (χ1n) is 6.19. The monoisotopic (exact) mass is 246 g/mol. The third-order valence-electron chi connectivity index (χ3n) is 3.09. The number of nitrogens with one attached hydrogen (secondary N) is 1. The minimum atomic E-state index is 0.116. The van der Waals surface area contributed by atoms with Crippen LogP contribution in [-0.2, 0) is 6.42 Å². The van der Waals surface area contributed by atoms with Crippen LogP contribution in [0, 0.1) is 21.8 Å². The first-order chi connectivity index (χ1) is 8.35. The van der Waals surface area contributed by atoms with E-state index in [0.29, 0.717) is 0 Å². The van der Waals surface area contributed by atoms with Crippen molar-refractivity contribution in [3.05, 3.63) is 34.2 Å². The summed E-state index contributed by atoms with van der Waals surface area (Å²) in [7, 11) is 0. The van der Waals surface area contributed by atoms with Crippen molar-refractivity contribution >= 4 is 11.8 Å². The minimum absolute atomic E-state index is 0.116. The highest BCUT2D eigenvalue weighted by Crippen LogP contribution is 2.17. The lowest BCUT2D eigenvalue weighted by molar-refractivity contribution is 0.765. The van der Waals surface area contributed by atoms with Gasteiger partial charge in [-0.05, 0) is 28.8 Å². The van der Waals surface area contributed by atoms with E-state index in [2.05, 4.69) is 36.5 Å². The molecule has 0 radical (unpaired) electrons. The van der Waals surface area contributed by atoms with Gasteiger partial charge in [0, 0.05) is 11.6 Å². The van der Waals surface area contributed by atoms with Crippen molar-refractivity contribution in [3.8, 4) is 6.07 Å². The second-order valence-electron chi connectivity index (χ2n) is 4.38. The fraction of sp³-hybridized carbons (Fsp3) is 0.500. The molecular weight excluding hydrogens is 228 g/mol. The first kappa shape index (κ1) is 12.5. The van der Waals surface area contributed by atoms with Crippen LogP contribution in [0.2, 0.25) is 0 Å². The van der Waals surface area contributed by atoms with Crippen LogP contribution >= 0.6 is 11.8 Å². The van der Waals surface area contributed by atoms with Crippen LogP contribution in [0.1, 0.15) is 25.3 Å². The Kier molecular flexibility index (Phi) is 4.47. The maximum atomic E-state index is 8.24. The van der Waals surface area contributed by atoms with Gasteiger partial charge in [0.1, 0.15) is 6.04 Å². The molecular formula is C14H18N2S. The molecule has 1 atom stereocenters. The Morgan fingerprint density at radius 3 is 2.76 bits per heavy atom. The lowest BCUT2D eigenvalue weighted by Gasteiger charge is -2.09. The molecule has 1 heterocycles. The Labute approximate surface area is 107 Å². The van der Waals surface area contributed by atoms with Crippen LogP contribution in [-0.4, -0.2) is 17.7 Å². The number of thioether (sulfide) groups is 1. The molecule has 0 saturated carbocycles. The summed E-state index contributed by atoms with van der Waals surface area (Å²) in [6.45, 7) is 2.24. The number of unbranched alkanes of at least 4 members (excludes halogenated alkanes) is 1. The second-order valence-corrected chi connectivity index (χ2v) is 5.41. The lowest BCUT2D eigenvalue weighted by Crippen LogP contribution is -2.20. The highest BCUT2D eigenvalue weighted by atomic mass is 32.2. The molecule has 0 aromatic heterocycles. The Balaban J connectivity index is 0.000000136. The Hall–Kier alpha value is -0.980. The maximum absolute atomic E-state index is 8.24. The van der Waals surface area contributed by atoms with Crippen LogP contribution in [0.25, 0.3) is 0 Å². The molecule has 1 fully saturated rings. The highest BCUT2D eigenvalue weighted by molar-refractivity contribution is 7.99. The van der Waals surface area contributed by atoms with E-state index in [9.17, 15) is 0 Å². The van der Waals surface area contributed by atoms with Gasteiger partial charge in [0.15, 0.2) is 0 Å². The van der Waals surface area contributed by atoms with E-state index in [-0.39, 0.29) is 6.04 Å². The fourth-order valence-electron chi connectivity index (χ4n) is 1.92. The van der Waals surface area contributed by atoms with E-state index in [4.69, 9.17) is 5.26 Å². The predicted octanol–water partition coefficient (Wildman–Crippen LogP) is 2.80. The van der Waals surface area contributed by atoms with Crippen molar-refractivity contribution in [2.24, 2.45) is 0 Å². The third-order valence-corrected chi connectivity index (χ3v) is 4.03. The molecule has 0 aromatic rings. The normalized spacial score (nSPS) is 19.2. The summed E-state index contributed by atoms with van der Waals surface area (Å²) in [6, 6.07) is 8.97. The average molecular weight is 246 g/mol. The molecule has 0 bridgehead atoms. The number of rotatable bonds is 3. The smallest absolute Gasteiger partial charge is 0.105 e. The van der Waals surface area contributed by atoms with E-state index in [0.717, 1.165) is 11.6 Å². The van der Waals surface area contributed by atoms with Crippen LogP contribution in [0.4, 0.5) is 0 Å². The summed E-state index contributed by atoms with van der Waals surface area (Å²) >= 11 is 1.77. The second kappa shape index (κ2) is 6.09. The maximum Gasteiger partial charge on any atom is 0.105 e. The van der Waals surface area contributed by atoms with Gasteiger partial charge in [-0.2, -0.15) is 5.26 Å². The minimum Gasteiger partial charge on any atom is -0.292 e. The molecule has 3 aliphatic rings. The van der Waals surface area contributed by atoms with Crippen molar-refractivity contribution in [2.75, 3.05) is 11.6 Å². The van der Waals surface area contributed by atoms with Gasteiger partial charge in [-0.1, -0.05) is 31.5 Å². The molecule has 2 aliphatic carbocycles. The topological polar surface area (TPSA) is 35.8 Å². The molecule has 2 nitrogen and oxygen atoms in total. The van der Waals surface area contributed by atoms with Crippen molar-refractivity contribution in [1.29, 1.82) is 5.26 Å². The molecule has 1 N–H and O–H groups in total. The molecule has 90 valence electrons. The number of hydrogen-bond donors (Lipinski definition) is 1. The zero-order valence-electron chi connectivity index (χ0n) is 10.2. The molecule has 1 saturated heterocycles. The standard InChI is InChI=1S/C10H12.C4H6N2S/c1-2-3-4-8-7-9-5-6-10(8)9;5-1-4-2-7-3-6-4/h5-7H,2-4H2,1H3;4,6H,2-3H2. The third kappa shape index (κ3) is 3.02.